The molecule has 0 saturated carbocycles. The molecule has 0 bridgehead atoms. The Hall–Kier alpha value is -0.975. The number of alkyl halides is 12. The van der Waals surface area contributed by atoms with Crippen LogP contribution in [0.1, 0.15) is 0 Å². The van der Waals surface area contributed by atoms with Crippen LogP contribution in [-0.4, -0.2) is 59.0 Å². The van der Waals surface area contributed by atoms with Gasteiger partial charge in [0.15, 0.2) is 0 Å². The minimum absolute atomic E-state index is 7.98. The molecule has 0 aromatic heterocycles. The van der Waals surface area contributed by atoms with Gasteiger partial charge in [0.2, 0.25) is 0 Å². The van der Waals surface area contributed by atoms with E-state index in [0.29, 0.717) is 0 Å². The third kappa shape index (κ3) is 3.35. The van der Waals surface area contributed by atoms with Gasteiger partial charge in [-0.05, 0) is 0 Å². The number of rotatable bonds is 4. The Morgan fingerprint density at radius 2 is 0.448 bits per heavy atom. The Morgan fingerprint density at radius 3 is 0.517 bits per heavy atom. The van der Waals surface area contributed by atoms with Crippen molar-refractivity contribution in [2.45, 2.75) is 22.0 Å². The van der Waals surface area contributed by atoms with Crippen LogP contribution in [0, 0.1) is 0 Å². The Balaban J connectivity index is 8.83. The Kier molecular flexibility index (Phi) is 6.29. The van der Waals surface area contributed by atoms with E-state index in [-0.39, 0.29) is 0 Å². The number of hydrogen-bond acceptors (Lipinski definition) is 8. The predicted octanol–water partition coefficient (Wildman–Crippen LogP) is 1.16. The van der Waals surface area contributed by atoms with Crippen molar-refractivity contribution in [2.75, 3.05) is 0 Å². The molecule has 8 nitrogen and oxygen atoms in total. The lowest BCUT2D eigenvalue weighted by atomic mass is 10.6. The highest BCUT2D eigenvalue weighted by Crippen LogP contribution is 2.53. The molecule has 29 heavy (non-hydrogen) atoms. The van der Waals surface area contributed by atoms with Gasteiger partial charge in [0.1, 0.15) is 38.8 Å². The van der Waals surface area contributed by atoms with Crippen molar-refractivity contribution in [3.63, 3.8) is 0 Å². The molecule has 0 fully saturated rings. The first-order valence-electron chi connectivity index (χ1n) is 5.36. The fourth-order valence-corrected chi connectivity index (χ4v) is 14.9. The van der Waals surface area contributed by atoms with Crippen LogP contribution in [0.5, 0.6) is 0 Å². The van der Waals surface area contributed by atoms with Gasteiger partial charge < -0.3 is 0 Å². The lowest BCUT2D eigenvalue weighted by molar-refractivity contribution is -0.0441. The molecule has 0 aliphatic heterocycles. The first kappa shape index (κ1) is 28.0. The van der Waals surface area contributed by atoms with E-state index in [4.69, 9.17) is 0 Å². The summed E-state index contributed by atoms with van der Waals surface area (Å²) in [5.41, 5.74) is -31.9. The van der Waals surface area contributed by atoms with Crippen LogP contribution >= 0.6 is 0 Å². The first-order valence-corrected chi connectivity index (χ1v) is 11.5. The van der Waals surface area contributed by atoms with E-state index in [1.165, 1.54) is 0 Å². The zero-order chi connectivity index (χ0) is 24.5. The molecular weight excluding hydrogens is 543 g/mol. The van der Waals surface area contributed by atoms with Gasteiger partial charge in [-0.3, -0.25) is 33.7 Å². The quantitative estimate of drug-likeness (QED) is 0.381. The standard InChI is InChI=1S/C4BF12O8S4/c6-1(7,8)26(18,19)5(27(20,21)2(9,10)11,28(22,23)3(12,13)14)29(24,25)4(15,16)17/q-1. The SMILES string of the molecule is O=S(=O)([B-](S(=O)(=O)C(F)(F)F)(S(=O)(=O)C(F)(F)F)S(=O)(=O)C(F)(F)F)C(F)(F)F. The van der Waals surface area contributed by atoms with Crippen molar-refractivity contribution in [3.8, 4) is 0 Å². The fraction of sp³-hybridized carbons (Fsp3) is 1.00. The summed E-state index contributed by atoms with van der Waals surface area (Å²) in [5.74, 6) is 0. The highest BCUT2D eigenvalue weighted by atomic mass is 32.4. The zero-order valence-corrected chi connectivity index (χ0v) is 15.3. The van der Waals surface area contributed by atoms with Gasteiger partial charge in [-0.15, -0.1) is 0 Å². The third-order valence-corrected chi connectivity index (χ3v) is 17.6. The summed E-state index contributed by atoms with van der Waals surface area (Å²) in [6, 6.07) is 0. The predicted molar refractivity (Wildman–Crippen MR) is 65.7 cm³/mol. The van der Waals surface area contributed by atoms with E-state index in [2.05, 4.69) is 0 Å². The fourth-order valence-electron chi connectivity index (χ4n) is 1.66. The normalized spacial score (nSPS) is 16.7. The molecule has 0 aromatic carbocycles. The van der Waals surface area contributed by atoms with E-state index in [1.54, 1.807) is 0 Å². The molecule has 0 unspecified atom stereocenters. The molecule has 0 N–H and O–H groups in total. The Bertz CT molecular complexity index is 901. The second-order valence-corrected chi connectivity index (χ2v) is 15.4. The summed E-state index contributed by atoms with van der Waals surface area (Å²) in [4.78, 5) is 0. The van der Waals surface area contributed by atoms with Crippen molar-refractivity contribution in [1.29, 1.82) is 0 Å². The summed E-state index contributed by atoms with van der Waals surface area (Å²) < 4.78 is 232. The summed E-state index contributed by atoms with van der Waals surface area (Å²) in [6.07, 6.45) is 0. The molecule has 0 spiro atoms. The summed E-state index contributed by atoms with van der Waals surface area (Å²) >= 11 is 0. The molecule has 0 atom stereocenters. The second kappa shape index (κ2) is 6.51. The molecule has 176 valence electrons. The maximum Gasteiger partial charge on any atom is 0.535 e. The molecule has 0 rings (SSSR count). The summed E-state index contributed by atoms with van der Waals surface area (Å²) in [7, 11) is -37.9. The molecule has 0 saturated heterocycles. The van der Waals surface area contributed by atoms with Gasteiger partial charge in [0.05, 0.1) is 0 Å². The molecule has 0 amide bonds. The van der Waals surface area contributed by atoms with Gasteiger partial charge in [0, 0.05) is 0 Å². The van der Waals surface area contributed by atoms with E-state index in [0.717, 1.165) is 0 Å². The summed E-state index contributed by atoms with van der Waals surface area (Å²) in [5, 5.41) is 0. The number of halogens is 12. The van der Waals surface area contributed by atoms with Gasteiger partial charge in [-0.1, -0.05) is 0 Å². The summed E-state index contributed by atoms with van der Waals surface area (Å²) in [6.45, 7) is 0. The highest BCUT2D eigenvalue weighted by Gasteiger charge is 2.89. The minimum atomic E-state index is -9.61. The van der Waals surface area contributed by atoms with Crippen LogP contribution in [0.25, 0.3) is 0 Å². The van der Waals surface area contributed by atoms with E-state index < -0.39 is 64.0 Å². The monoisotopic (exact) mass is 543 g/mol. The van der Waals surface area contributed by atoms with Crippen molar-refractivity contribution < 1.29 is 86.4 Å². The Labute approximate surface area is 151 Å². The van der Waals surface area contributed by atoms with Crippen molar-refractivity contribution in [3.05, 3.63) is 0 Å². The minimum Gasteiger partial charge on any atom is -0.260 e. The average Bonchev–Trinajstić information content (AvgIpc) is 2.31. The molecule has 0 aliphatic rings. The van der Waals surface area contributed by atoms with E-state index >= 15 is 0 Å². The van der Waals surface area contributed by atoms with Crippen LogP contribution in [0.2, 0.25) is 0 Å². The van der Waals surface area contributed by atoms with Crippen LogP contribution in [0.3, 0.4) is 0 Å². The van der Waals surface area contributed by atoms with Gasteiger partial charge in [-0.2, -0.15) is 52.7 Å². The van der Waals surface area contributed by atoms with Gasteiger partial charge >= 0.3 is 25.3 Å². The van der Waals surface area contributed by atoms with Crippen LogP contribution in [0.15, 0.2) is 0 Å². The first-order chi connectivity index (χ1) is 12.0. The molecule has 25 heteroatoms. The van der Waals surface area contributed by atoms with Crippen LogP contribution < -0.4 is 0 Å². The maximum absolute atomic E-state index is 12.6. The highest BCUT2D eigenvalue weighted by molar-refractivity contribution is 8.93. The molecular formula is C4BF12O8S4-. The van der Waals surface area contributed by atoms with Gasteiger partial charge in [-0.25, -0.2) is 0 Å². The van der Waals surface area contributed by atoms with Gasteiger partial charge in [0.25, 0.3) is 0 Å². The van der Waals surface area contributed by atoms with Crippen LogP contribution in [-0.2, 0) is 38.8 Å². The molecule has 0 heterocycles. The molecule has 0 radical (unpaired) electrons. The average molecular weight is 543 g/mol. The largest absolute Gasteiger partial charge is 0.535 e. The van der Waals surface area contributed by atoms with Crippen molar-refractivity contribution in [2.24, 2.45) is 0 Å². The van der Waals surface area contributed by atoms with E-state index in [1.807, 2.05) is 0 Å². The zero-order valence-electron chi connectivity index (χ0n) is 12.0. The number of hydrogen-bond donors (Lipinski definition) is 0. The smallest absolute Gasteiger partial charge is 0.260 e. The second-order valence-electron chi connectivity index (χ2n) is 4.54. The maximum atomic E-state index is 12.6. The third-order valence-electron chi connectivity index (χ3n) is 2.81. The van der Waals surface area contributed by atoms with E-state index in [9.17, 15) is 86.4 Å². The Morgan fingerprint density at radius 1 is 0.345 bits per heavy atom. The lowest BCUT2D eigenvalue weighted by Crippen LogP contribution is -2.74. The van der Waals surface area contributed by atoms with Crippen molar-refractivity contribution >= 4 is 42.0 Å². The lowest BCUT2D eigenvalue weighted by Gasteiger charge is -2.37. The molecule has 0 aromatic rings. The van der Waals surface area contributed by atoms with Crippen LogP contribution in [0.4, 0.5) is 52.7 Å². The topological polar surface area (TPSA) is 137 Å². The molecule has 0 aliphatic carbocycles. The van der Waals surface area contributed by atoms with Crippen molar-refractivity contribution in [1.82, 2.24) is 0 Å².